The van der Waals surface area contributed by atoms with Gasteiger partial charge < -0.3 is 10.6 Å². The van der Waals surface area contributed by atoms with Crippen molar-refractivity contribution < 1.29 is 18.0 Å². The second-order valence-corrected chi connectivity index (χ2v) is 10.3. The zero-order chi connectivity index (χ0) is 20.5. The average Bonchev–Trinajstić information content (AvgIpc) is 2.99. The Kier molecular flexibility index (Phi) is 5.82. The van der Waals surface area contributed by atoms with Crippen molar-refractivity contribution in [2.24, 2.45) is 0 Å². The van der Waals surface area contributed by atoms with Gasteiger partial charge in [0.15, 0.2) is 0 Å². The molecule has 0 bridgehead atoms. The maximum atomic E-state index is 13.0. The van der Waals surface area contributed by atoms with Crippen LogP contribution in [-0.4, -0.2) is 48.4 Å². The van der Waals surface area contributed by atoms with Gasteiger partial charge >= 0.3 is 0 Å². The number of amides is 2. The number of hydrogen-bond acceptors (Lipinski definition) is 4. The van der Waals surface area contributed by atoms with E-state index in [4.69, 9.17) is 0 Å². The molecule has 0 unspecified atom stereocenters. The van der Waals surface area contributed by atoms with E-state index in [1.54, 1.807) is 17.3 Å². The second-order valence-electron chi connectivity index (χ2n) is 7.97. The molecule has 0 aliphatic carbocycles. The van der Waals surface area contributed by atoms with E-state index >= 15 is 0 Å². The van der Waals surface area contributed by atoms with Crippen LogP contribution in [0.4, 0.5) is 5.69 Å². The smallest absolute Gasteiger partial charge is 0.221 e. The van der Waals surface area contributed by atoms with Gasteiger partial charge in [-0.25, -0.2) is 8.42 Å². The van der Waals surface area contributed by atoms with E-state index in [-0.39, 0.29) is 17.7 Å². The molecule has 2 saturated heterocycles. The predicted molar refractivity (Wildman–Crippen MR) is 108 cm³/mol. The summed E-state index contributed by atoms with van der Waals surface area (Å²) in [5, 5.41) is 5.44. The van der Waals surface area contributed by atoms with Crippen molar-refractivity contribution in [1.82, 2.24) is 9.62 Å². The monoisotopic (exact) mass is 407 g/mol. The van der Waals surface area contributed by atoms with Crippen LogP contribution in [0.2, 0.25) is 0 Å². The number of carbonyl (C=O) groups is 2. The summed E-state index contributed by atoms with van der Waals surface area (Å²) in [6.07, 6.45) is 2.49. The van der Waals surface area contributed by atoms with Gasteiger partial charge in [0.2, 0.25) is 21.8 Å². The molecular weight excluding hydrogens is 378 g/mol. The fourth-order valence-corrected chi connectivity index (χ4v) is 6.03. The van der Waals surface area contributed by atoms with Gasteiger partial charge in [-0.15, -0.1) is 0 Å². The van der Waals surface area contributed by atoms with Crippen LogP contribution >= 0.6 is 0 Å². The molecular formula is C20H29N3O4S. The normalized spacial score (nSPS) is 26.8. The number of nitrogens with one attached hydrogen (secondary N) is 2. The number of piperidine rings is 1. The maximum Gasteiger partial charge on any atom is 0.221 e. The van der Waals surface area contributed by atoms with E-state index in [0.717, 1.165) is 18.4 Å². The largest absolute Gasteiger partial charge is 0.349 e. The summed E-state index contributed by atoms with van der Waals surface area (Å²) in [4.78, 5) is 23.6. The van der Waals surface area contributed by atoms with Crippen molar-refractivity contribution in [3.05, 3.63) is 29.8 Å². The molecule has 28 heavy (non-hydrogen) atoms. The van der Waals surface area contributed by atoms with Crippen molar-refractivity contribution >= 4 is 27.5 Å². The SMILES string of the molecule is CC[C@H](C)S(=O)(=O)N1C[C@@H](c2cccc(NC(C)=O)c2)[C@@]2(CCCC(=O)N2)C1. The highest BCUT2D eigenvalue weighted by Crippen LogP contribution is 2.43. The summed E-state index contributed by atoms with van der Waals surface area (Å²) in [6, 6.07) is 7.48. The third kappa shape index (κ3) is 3.93. The van der Waals surface area contributed by atoms with E-state index in [2.05, 4.69) is 10.6 Å². The van der Waals surface area contributed by atoms with Gasteiger partial charge in [0, 0.05) is 38.0 Å². The van der Waals surface area contributed by atoms with Gasteiger partial charge in [-0.3, -0.25) is 9.59 Å². The highest BCUT2D eigenvalue weighted by molar-refractivity contribution is 7.89. The Morgan fingerprint density at radius 3 is 2.82 bits per heavy atom. The number of nitrogens with zero attached hydrogens (tertiary/aromatic N) is 1. The minimum Gasteiger partial charge on any atom is -0.349 e. The van der Waals surface area contributed by atoms with Crippen molar-refractivity contribution in [3.63, 3.8) is 0 Å². The molecule has 2 heterocycles. The molecule has 7 nitrogen and oxygen atoms in total. The third-order valence-corrected chi connectivity index (χ3v) is 8.33. The first kappa shape index (κ1) is 20.8. The zero-order valence-corrected chi connectivity index (χ0v) is 17.5. The first-order valence-corrected chi connectivity index (χ1v) is 11.4. The number of rotatable bonds is 5. The first-order chi connectivity index (χ1) is 13.2. The number of benzene rings is 1. The molecule has 0 saturated carbocycles. The van der Waals surface area contributed by atoms with Gasteiger partial charge in [-0.05, 0) is 43.9 Å². The zero-order valence-electron chi connectivity index (χ0n) is 16.7. The standard InChI is InChI=1S/C20H29N3O4S/c1-4-14(2)28(26,27)23-12-18(20(13-23)10-6-9-19(25)22-20)16-7-5-8-17(11-16)21-15(3)24/h5,7-8,11,14,18H,4,6,9-10,12-13H2,1-3H3,(H,21,24)(H,22,25)/t14-,18-,20+/m0/s1. The van der Waals surface area contributed by atoms with Gasteiger partial charge in [0.25, 0.3) is 0 Å². The van der Waals surface area contributed by atoms with E-state index in [1.807, 2.05) is 25.1 Å². The van der Waals surface area contributed by atoms with Crippen molar-refractivity contribution in [2.45, 2.75) is 63.2 Å². The molecule has 1 spiro atoms. The van der Waals surface area contributed by atoms with Crippen LogP contribution in [0.1, 0.15) is 57.9 Å². The van der Waals surface area contributed by atoms with Crippen molar-refractivity contribution in [1.29, 1.82) is 0 Å². The highest BCUT2D eigenvalue weighted by Gasteiger charge is 2.52. The van der Waals surface area contributed by atoms with Crippen LogP contribution in [0.15, 0.2) is 24.3 Å². The molecule has 1 aromatic carbocycles. The summed E-state index contributed by atoms with van der Waals surface area (Å²) in [5.41, 5.74) is 0.992. The summed E-state index contributed by atoms with van der Waals surface area (Å²) in [7, 11) is -3.44. The van der Waals surface area contributed by atoms with Crippen LogP contribution in [0.3, 0.4) is 0 Å². The van der Waals surface area contributed by atoms with Crippen LogP contribution in [0.25, 0.3) is 0 Å². The fourth-order valence-electron chi connectivity index (χ4n) is 4.33. The highest BCUT2D eigenvalue weighted by atomic mass is 32.2. The lowest BCUT2D eigenvalue weighted by atomic mass is 9.76. The molecule has 8 heteroatoms. The third-order valence-electron chi connectivity index (χ3n) is 5.98. The van der Waals surface area contributed by atoms with Gasteiger partial charge in [0.1, 0.15) is 0 Å². The lowest BCUT2D eigenvalue weighted by molar-refractivity contribution is -0.125. The molecule has 2 N–H and O–H groups in total. The molecule has 2 amide bonds. The van der Waals surface area contributed by atoms with Gasteiger partial charge in [-0.1, -0.05) is 19.1 Å². The topological polar surface area (TPSA) is 95.6 Å². The predicted octanol–water partition coefficient (Wildman–Crippen LogP) is 2.21. The maximum absolute atomic E-state index is 13.0. The van der Waals surface area contributed by atoms with Crippen molar-refractivity contribution in [2.75, 3.05) is 18.4 Å². The lowest BCUT2D eigenvalue weighted by Gasteiger charge is -2.39. The Morgan fingerprint density at radius 2 is 2.18 bits per heavy atom. The molecule has 3 rings (SSSR count). The molecule has 2 fully saturated rings. The second kappa shape index (κ2) is 7.83. The summed E-state index contributed by atoms with van der Waals surface area (Å²) in [5.74, 6) is -0.355. The van der Waals surface area contributed by atoms with Gasteiger partial charge in [-0.2, -0.15) is 4.31 Å². The number of hydrogen-bond donors (Lipinski definition) is 2. The van der Waals surface area contributed by atoms with Crippen LogP contribution < -0.4 is 10.6 Å². The van der Waals surface area contributed by atoms with Crippen LogP contribution in [0.5, 0.6) is 0 Å². The van der Waals surface area contributed by atoms with E-state index in [0.29, 0.717) is 31.6 Å². The van der Waals surface area contributed by atoms with E-state index in [9.17, 15) is 18.0 Å². The quantitative estimate of drug-likeness (QED) is 0.782. The van der Waals surface area contributed by atoms with E-state index < -0.39 is 20.8 Å². The molecule has 154 valence electrons. The Labute approximate surface area is 166 Å². The molecule has 0 aromatic heterocycles. The minimum absolute atomic E-state index is 0.0305. The van der Waals surface area contributed by atoms with E-state index in [1.165, 1.54) is 6.92 Å². The first-order valence-electron chi connectivity index (χ1n) is 9.85. The number of carbonyl (C=O) groups excluding carboxylic acids is 2. The Morgan fingerprint density at radius 1 is 1.43 bits per heavy atom. The Balaban J connectivity index is 1.99. The number of sulfonamides is 1. The number of anilines is 1. The fraction of sp³-hybridized carbons (Fsp3) is 0.600. The molecule has 1 aromatic rings. The Bertz CT molecular complexity index is 870. The lowest BCUT2D eigenvalue weighted by Crippen LogP contribution is -2.56. The average molecular weight is 408 g/mol. The van der Waals surface area contributed by atoms with Crippen molar-refractivity contribution in [3.8, 4) is 0 Å². The molecule has 2 aliphatic heterocycles. The minimum atomic E-state index is -3.44. The van der Waals surface area contributed by atoms with Crippen LogP contribution in [-0.2, 0) is 19.6 Å². The molecule has 0 radical (unpaired) electrons. The van der Waals surface area contributed by atoms with Gasteiger partial charge in [0.05, 0.1) is 10.8 Å². The van der Waals surface area contributed by atoms with Crippen LogP contribution in [0, 0.1) is 0 Å². The summed E-state index contributed by atoms with van der Waals surface area (Å²) in [6.45, 7) is 5.67. The molecule has 2 aliphatic rings. The summed E-state index contributed by atoms with van der Waals surface area (Å²) < 4.78 is 27.6. The molecule has 3 atom stereocenters. The Hall–Kier alpha value is -1.93. The summed E-state index contributed by atoms with van der Waals surface area (Å²) >= 11 is 0.